The lowest BCUT2D eigenvalue weighted by Crippen LogP contribution is -2.51. The van der Waals surface area contributed by atoms with E-state index in [1.807, 2.05) is 0 Å². The molecule has 0 radical (unpaired) electrons. The molecule has 3 heteroatoms. The van der Waals surface area contributed by atoms with E-state index in [9.17, 15) is 0 Å². The monoisotopic (exact) mass is 288 g/mol. The summed E-state index contributed by atoms with van der Waals surface area (Å²) in [5.41, 5.74) is 7.31. The van der Waals surface area contributed by atoms with Gasteiger partial charge in [-0.05, 0) is 45.2 Å². The molecule has 0 amide bonds. The van der Waals surface area contributed by atoms with Gasteiger partial charge in [-0.1, -0.05) is 25.1 Å². The second-order valence-electron chi connectivity index (χ2n) is 7.38. The van der Waals surface area contributed by atoms with Crippen molar-refractivity contribution < 1.29 is 4.74 Å². The van der Waals surface area contributed by atoms with Crippen LogP contribution in [0.5, 0.6) is 5.75 Å². The number of hydrogen-bond donors (Lipinski definition) is 1. The third-order valence-corrected chi connectivity index (χ3v) is 5.05. The molecule has 2 aliphatic heterocycles. The fraction of sp³-hybridized carbons (Fsp3) is 0.667. The molecule has 2 heterocycles. The van der Waals surface area contributed by atoms with Crippen LogP contribution in [0.4, 0.5) is 0 Å². The van der Waals surface area contributed by atoms with Crippen LogP contribution in [-0.4, -0.2) is 29.6 Å². The first kappa shape index (κ1) is 14.9. The van der Waals surface area contributed by atoms with E-state index < -0.39 is 0 Å². The number of nitrogens with two attached hydrogens (primary N) is 1. The van der Waals surface area contributed by atoms with Crippen LogP contribution in [0.25, 0.3) is 0 Å². The molecular weight excluding hydrogens is 260 g/mol. The fourth-order valence-electron chi connectivity index (χ4n) is 3.97. The van der Waals surface area contributed by atoms with E-state index in [4.69, 9.17) is 10.5 Å². The van der Waals surface area contributed by atoms with Crippen molar-refractivity contribution in [3.8, 4) is 5.75 Å². The largest absolute Gasteiger partial charge is 0.487 e. The zero-order valence-corrected chi connectivity index (χ0v) is 13.5. The van der Waals surface area contributed by atoms with Crippen molar-refractivity contribution in [1.82, 2.24) is 4.90 Å². The molecule has 21 heavy (non-hydrogen) atoms. The van der Waals surface area contributed by atoms with Gasteiger partial charge in [-0.15, -0.1) is 0 Å². The Labute approximate surface area is 128 Å². The molecule has 1 fully saturated rings. The second-order valence-corrected chi connectivity index (χ2v) is 7.38. The maximum absolute atomic E-state index is 6.17. The SMILES string of the molecule is CC1CCN(C2CC(C)(C)Oc3ccccc32)C(CN)C1. The Balaban J connectivity index is 1.93. The highest BCUT2D eigenvalue weighted by molar-refractivity contribution is 5.39. The average Bonchev–Trinajstić information content (AvgIpc) is 2.45. The predicted octanol–water partition coefficient (Wildman–Crippen LogP) is 3.35. The third kappa shape index (κ3) is 2.95. The summed E-state index contributed by atoms with van der Waals surface area (Å²) in [4.78, 5) is 2.64. The van der Waals surface area contributed by atoms with Gasteiger partial charge in [-0.3, -0.25) is 4.90 Å². The number of rotatable bonds is 2. The van der Waals surface area contributed by atoms with E-state index in [0.717, 1.165) is 31.2 Å². The number of para-hydroxylation sites is 1. The van der Waals surface area contributed by atoms with Gasteiger partial charge in [-0.25, -0.2) is 0 Å². The molecule has 116 valence electrons. The molecule has 3 rings (SSSR count). The lowest BCUT2D eigenvalue weighted by atomic mass is 9.84. The zero-order valence-electron chi connectivity index (χ0n) is 13.5. The number of likely N-dealkylation sites (tertiary alicyclic amines) is 1. The van der Waals surface area contributed by atoms with Crippen LogP contribution < -0.4 is 10.5 Å². The first-order valence-corrected chi connectivity index (χ1v) is 8.24. The smallest absolute Gasteiger partial charge is 0.124 e. The molecule has 0 spiro atoms. The van der Waals surface area contributed by atoms with Gasteiger partial charge in [0.15, 0.2) is 0 Å². The van der Waals surface area contributed by atoms with Gasteiger partial charge in [0.1, 0.15) is 11.4 Å². The van der Waals surface area contributed by atoms with Gasteiger partial charge in [0, 0.05) is 30.6 Å². The van der Waals surface area contributed by atoms with E-state index in [-0.39, 0.29) is 5.60 Å². The summed E-state index contributed by atoms with van der Waals surface area (Å²) in [5, 5.41) is 0. The van der Waals surface area contributed by atoms with Crippen LogP contribution in [0, 0.1) is 5.92 Å². The maximum atomic E-state index is 6.17. The number of ether oxygens (including phenoxy) is 1. The van der Waals surface area contributed by atoms with Gasteiger partial charge >= 0.3 is 0 Å². The minimum atomic E-state index is -0.110. The van der Waals surface area contributed by atoms with E-state index in [1.165, 1.54) is 18.4 Å². The highest BCUT2D eigenvalue weighted by Gasteiger charge is 2.40. The van der Waals surface area contributed by atoms with Crippen molar-refractivity contribution in [2.45, 2.75) is 57.7 Å². The van der Waals surface area contributed by atoms with Crippen LogP contribution >= 0.6 is 0 Å². The Morgan fingerprint density at radius 1 is 1.33 bits per heavy atom. The van der Waals surface area contributed by atoms with Crippen molar-refractivity contribution in [1.29, 1.82) is 0 Å². The summed E-state index contributed by atoms with van der Waals surface area (Å²) in [6.07, 6.45) is 3.53. The van der Waals surface area contributed by atoms with Gasteiger partial charge < -0.3 is 10.5 Å². The number of benzene rings is 1. The van der Waals surface area contributed by atoms with E-state index in [0.29, 0.717) is 12.1 Å². The first-order valence-electron chi connectivity index (χ1n) is 8.24. The Bertz CT molecular complexity index is 500. The summed E-state index contributed by atoms with van der Waals surface area (Å²) >= 11 is 0. The van der Waals surface area contributed by atoms with Crippen molar-refractivity contribution in [3.05, 3.63) is 29.8 Å². The molecular formula is C18H28N2O. The molecule has 0 bridgehead atoms. The van der Waals surface area contributed by atoms with E-state index >= 15 is 0 Å². The zero-order chi connectivity index (χ0) is 15.0. The number of piperidine rings is 1. The fourth-order valence-corrected chi connectivity index (χ4v) is 3.97. The van der Waals surface area contributed by atoms with Gasteiger partial charge in [-0.2, -0.15) is 0 Å². The molecule has 1 aromatic rings. The number of fused-ring (bicyclic) bond motifs is 1. The molecule has 3 atom stereocenters. The van der Waals surface area contributed by atoms with Crippen molar-refractivity contribution in [2.75, 3.05) is 13.1 Å². The summed E-state index contributed by atoms with van der Waals surface area (Å²) in [5.74, 6) is 1.84. The second kappa shape index (κ2) is 5.62. The molecule has 3 unspecified atom stereocenters. The number of nitrogens with zero attached hydrogens (tertiary/aromatic N) is 1. The lowest BCUT2D eigenvalue weighted by molar-refractivity contribution is -0.00212. The molecule has 0 aromatic heterocycles. The van der Waals surface area contributed by atoms with Crippen LogP contribution in [0.2, 0.25) is 0 Å². The van der Waals surface area contributed by atoms with Crippen molar-refractivity contribution in [3.63, 3.8) is 0 Å². The third-order valence-electron chi connectivity index (χ3n) is 5.05. The Morgan fingerprint density at radius 3 is 2.86 bits per heavy atom. The Morgan fingerprint density at radius 2 is 2.10 bits per heavy atom. The number of hydrogen-bond acceptors (Lipinski definition) is 3. The first-order chi connectivity index (χ1) is 10.00. The van der Waals surface area contributed by atoms with Crippen molar-refractivity contribution >= 4 is 0 Å². The molecule has 1 saturated heterocycles. The quantitative estimate of drug-likeness (QED) is 0.907. The van der Waals surface area contributed by atoms with Gasteiger partial charge in [0.2, 0.25) is 0 Å². The standard InChI is InChI=1S/C18H28N2O/c1-13-8-9-20(14(10-13)12-19)16-11-18(2,3)21-17-7-5-4-6-15(16)17/h4-7,13-14,16H,8-12,19H2,1-3H3. The molecule has 3 nitrogen and oxygen atoms in total. The lowest BCUT2D eigenvalue weighted by Gasteiger charge is -2.48. The summed E-state index contributed by atoms with van der Waals surface area (Å²) in [7, 11) is 0. The maximum Gasteiger partial charge on any atom is 0.124 e. The van der Waals surface area contributed by atoms with Crippen molar-refractivity contribution in [2.24, 2.45) is 11.7 Å². The minimum absolute atomic E-state index is 0.110. The summed E-state index contributed by atoms with van der Waals surface area (Å²) in [6, 6.07) is 9.45. The Hall–Kier alpha value is -1.06. The van der Waals surface area contributed by atoms with Crippen LogP contribution in [0.15, 0.2) is 24.3 Å². The molecule has 0 saturated carbocycles. The highest BCUT2D eigenvalue weighted by atomic mass is 16.5. The van der Waals surface area contributed by atoms with E-state index in [1.54, 1.807) is 0 Å². The molecule has 0 aliphatic carbocycles. The Kier molecular flexibility index (Phi) is 3.98. The summed E-state index contributed by atoms with van der Waals surface area (Å²) in [6.45, 7) is 8.64. The topological polar surface area (TPSA) is 38.5 Å². The van der Waals surface area contributed by atoms with Gasteiger partial charge in [0.05, 0.1) is 0 Å². The minimum Gasteiger partial charge on any atom is -0.487 e. The van der Waals surface area contributed by atoms with E-state index in [2.05, 4.69) is 49.9 Å². The predicted molar refractivity (Wildman–Crippen MR) is 86.5 cm³/mol. The highest BCUT2D eigenvalue weighted by Crippen LogP contribution is 2.44. The summed E-state index contributed by atoms with van der Waals surface area (Å²) < 4.78 is 6.17. The molecule has 2 aliphatic rings. The van der Waals surface area contributed by atoms with Crippen LogP contribution in [-0.2, 0) is 0 Å². The normalized spacial score (nSPS) is 32.3. The van der Waals surface area contributed by atoms with Crippen LogP contribution in [0.1, 0.15) is 51.6 Å². The molecule has 1 aromatic carbocycles. The van der Waals surface area contributed by atoms with Crippen LogP contribution in [0.3, 0.4) is 0 Å². The van der Waals surface area contributed by atoms with Gasteiger partial charge in [0.25, 0.3) is 0 Å². The molecule has 2 N–H and O–H groups in total. The average molecular weight is 288 g/mol.